The molecule has 1 amide bonds. The fourth-order valence-electron chi connectivity index (χ4n) is 1.40. The minimum Gasteiger partial charge on any atom is -0.507 e. The van der Waals surface area contributed by atoms with E-state index in [1.165, 1.54) is 11.3 Å². The Morgan fingerprint density at radius 2 is 2.17 bits per heavy atom. The highest BCUT2D eigenvalue weighted by Gasteiger charge is 2.12. The molecule has 0 spiro atoms. The van der Waals surface area contributed by atoms with Crippen molar-refractivity contribution in [2.45, 2.75) is 6.54 Å². The van der Waals surface area contributed by atoms with Crippen molar-refractivity contribution in [2.75, 3.05) is 0 Å². The third kappa shape index (κ3) is 3.00. The molecule has 0 aliphatic carbocycles. The molecule has 0 atom stereocenters. The number of carbonyl (C=O) groups is 1. The number of amides is 1. The molecule has 2 N–H and O–H groups in total. The first kappa shape index (κ1) is 12.9. The molecule has 1 aromatic carbocycles. The average Bonchev–Trinajstić information content (AvgIpc) is 2.75. The van der Waals surface area contributed by atoms with Crippen LogP contribution in [0.1, 0.15) is 15.2 Å². The van der Waals surface area contributed by atoms with Crippen LogP contribution in [0.4, 0.5) is 4.39 Å². The first-order valence-electron chi connectivity index (χ1n) is 5.07. The Hall–Kier alpha value is -1.59. The lowest BCUT2D eigenvalue weighted by Crippen LogP contribution is -2.22. The van der Waals surface area contributed by atoms with Crippen molar-refractivity contribution < 1.29 is 14.3 Å². The Balaban J connectivity index is 2.05. The second-order valence-corrected chi connectivity index (χ2v) is 5.35. The molecule has 3 nitrogen and oxygen atoms in total. The van der Waals surface area contributed by atoms with Gasteiger partial charge in [0.1, 0.15) is 11.6 Å². The molecular weight excluding hydrogens is 277 g/mol. The summed E-state index contributed by atoms with van der Waals surface area (Å²) in [4.78, 5) is 12.6. The molecular formula is C12H9ClFNO2S. The molecule has 0 fully saturated rings. The number of benzene rings is 1. The molecule has 2 aromatic rings. The summed E-state index contributed by atoms with van der Waals surface area (Å²) in [6.07, 6.45) is 0. The van der Waals surface area contributed by atoms with Crippen LogP contribution in [0.5, 0.6) is 5.75 Å². The summed E-state index contributed by atoms with van der Waals surface area (Å²) >= 11 is 7.10. The zero-order chi connectivity index (χ0) is 13.1. The molecule has 1 aromatic heterocycles. The maximum absolute atomic E-state index is 13.0. The number of thiophene rings is 1. The highest BCUT2D eigenvalue weighted by molar-refractivity contribution is 7.16. The molecule has 0 radical (unpaired) electrons. The first-order valence-corrected chi connectivity index (χ1v) is 6.26. The van der Waals surface area contributed by atoms with Gasteiger partial charge < -0.3 is 10.4 Å². The lowest BCUT2D eigenvalue weighted by molar-refractivity contribution is 0.0948. The third-order valence-corrected chi connectivity index (χ3v) is 3.49. The topological polar surface area (TPSA) is 49.3 Å². The molecule has 0 saturated heterocycles. The Morgan fingerprint density at radius 3 is 2.83 bits per heavy atom. The number of phenolic OH excluding ortho intramolecular Hbond substituents is 1. The van der Waals surface area contributed by atoms with Gasteiger partial charge in [0.25, 0.3) is 5.91 Å². The zero-order valence-electron chi connectivity index (χ0n) is 9.11. The second kappa shape index (κ2) is 5.37. The van der Waals surface area contributed by atoms with Gasteiger partial charge in [-0.3, -0.25) is 4.79 Å². The van der Waals surface area contributed by atoms with E-state index in [1.54, 1.807) is 12.1 Å². The average molecular weight is 286 g/mol. The summed E-state index contributed by atoms with van der Waals surface area (Å²) < 4.78 is 13.6. The van der Waals surface area contributed by atoms with E-state index in [2.05, 4.69) is 5.32 Å². The molecule has 0 aliphatic heterocycles. The van der Waals surface area contributed by atoms with Gasteiger partial charge in [-0.2, -0.15) is 0 Å². The number of carbonyl (C=O) groups excluding carboxylic acids is 1. The minimum absolute atomic E-state index is 0.0855. The van der Waals surface area contributed by atoms with Gasteiger partial charge in [-0.05, 0) is 30.3 Å². The van der Waals surface area contributed by atoms with Crippen LogP contribution in [0.2, 0.25) is 4.34 Å². The number of nitrogens with one attached hydrogen (secondary N) is 1. The predicted molar refractivity (Wildman–Crippen MR) is 68.6 cm³/mol. The van der Waals surface area contributed by atoms with Crippen molar-refractivity contribution in [3.8, 4) is 5.75 Å². The predicted octanol–water partition coefficient (Wildman–Crippen LogP) is 3.18. The summed E-state index contributed by atoms with van der Waals surface area (Å²) in [6.45, 7) is 0.284. The Kier molecular flexibility index (Phi) is 3.84. The summed E-state index contributed by atoms with van der Waals surface area (Å²) in [7, 11) is 0. The van der Waals surface area contributed by atoms with Gasteiger partial charge in [-0.15, -0.1) is 11.3 Å². The van der Waals surface area contributed by atoms with Crippen LogP contribution in [-0.4, -0.2) is 11.0 Å². The van der Waals surface area contributed by atoms with E-state index < -0.39 is 11.7 Å². The van der Waals surface area contributed by atoms with Gasteiger partial charge in [-0.25, -0.2) is 4.39 Å². The Bertz CT molecular complexity index is 585. The van der Waals surface area contributed by atoms with E-state index in [4.69, 9.17) is 11.6 Å². The fourth-order valence-corrected chi connectivity index (χ4v) is 2.43. The maximum atomic E-state index is 13.0. The standard InChI is InChI=1S/C12H9ClFNO2S/c13-11-4-2-8(18-11)6-15-12(17)9-5-7(14)1-3-10(9)16/h1-5,16H,6H2,(H,15,17). The van der Waals surface area contributed by atoms with Crippen LogP contribution >= 0.6 is 22.9 Å². The van der Waals surface area contributed by atoms with Gasteiger partial charge >= 0.3 is 0 Å². The summed E-state index contributed by atoms with van der Waals surface area (Å²) in [6, 6.07) is 6.75. The van der Waals surface area contributed by atoms with Gasteiger partial charge in [0.15, 0.2) is 0 Å². The van der Waals surface area contributed by atoms with E-state index in [9.17, 15) is 14.3 Å². The molecule has 2 rings (SSSR count). The van der Waals surface area contributed by atoms with Crippen molar-refractivity contribution in [1.82, 2.24) is 5.32 Å². The summed E-state index contributed by atoms with van der Waals surface area (Å²) in [5.41, 5.74) is -0.0855. The maximum Gasteiger partial charge on any atom is 0.255 e. The van der Waals surface area contributed by atoms with Crippen LogP contribution in [0.25, 0.3) is 0 Å². The van der Waals surface area contributed by atoms with Crippen LogP contribution in [0.15, 0.2) is 30.3 Å². The quantitative estimate of drug-likeness (QED) is 0.910. The number of hydrogen-bond donors (Lipinski definition) is 2. The van der Waals surface area contributed by atoms with E-state index in [1.807, 2.05) is 0 Å². The highest BCUT2D eigenvalue weighted by atomic mass is 35.5. The smallest absolute Gasteiger partial charge is 0.255 e. The van der Waals surface area contributed by atoms with E-state index >= 15 is 0 Å². The summed E-state index contributed by atoms with van der Waals surface area (Å²) in [5, 5.41) is 12.0. The van der Waals surface area contributed by atoms with Crippen molar-refractivity contribution in [3.05, 3.63) is 50.9 Å². The fraction of sp³-hybridized carbons (Fsp3) is 0.0833. The number of rotatable bonds is 3. The molecule has 0 unspecified atom stereocenters. The van der Waals surface area contributed by atoms with Crippen molar-refractivity contribution in [3.63, 3.8) is 0 Å². The van der Waals surface area contributed by atoms with E-state index in [-0.39, 0.29) is 17.9 Å². The molecule has 0 saturated carbocycles. The van der Waals surface area contributed by atoms with Crippen molar-refractivity contribution in [2.24, 2.45) is 0 Å². The molecule has 0 aliphatic rings. The van der Waals surface area contributed by atoms with Crippen molar-refractivity contribution in [1.29, 1.82) is 0 Å². The molecule has 1 heterocycles. The lowest BCUT2D eigenvalue weighted by Gasteiger charge is -2.05. The molecule has 18 heavy (non-hydrogen) atoms. The van der Waals surface area contributed by atoms with Gasteiger partial charge in [0.05, 0.1) is 16.4 Å². The van der Waals surface area contributed by atoms with Gasteiger partial charge in [0.2, 0.25) is 0 Å². The van der Waals surface area contributed by atoms with Crippen LogP contribution < -0.4 is 5.32 Å². The molecule has 6 heteroatoms. The first-order chi connectivity index (χ1) is 8.56. The second-order valence-electron chi connectivity index (χ2n) is 3.55. The minimum atomic E-state index is -0.572. The van der Waals surface area contributed by atoms with E-state index in [0.717, 1.165) is 23.1 Å². The monoisotopic (exact) mass is 285 g/mol. The largest absolute Gasteiger partial charge is 0.507 e. The Labute approximate surface area is 112 Å². The third-order valence-electron chi connectivity index (χ3n) is 2.26. The number of halogens is 2. The highest BCUT2D eigenvalue weighted by Crippen LogP contribution is 2.22. The van der Waals surface area contributed by atoms with Crippen LogP contribution in [-0.2, 0) is 6.54 Å². The van der Waals surface area contributed by atoms with Crippen LogP contribution in [0.3, 0.4) is 0 Å². The van der Waals surface area contributed by atoms with Gasteiger partial charge in [-0.1, -0.05) is 11.6 Å². The zero-order valence-corrected chi connectivity index (χ0v) is 10.7. The number of aromatic hydroxyl groups is 1. The normalized spacial score (nSPS) is 10.3. The SMILES string of the molecule is O=C(NCc1ccc(Cl)s1)c1cc(F)ccc1O. The summed E-state index contributed by atoms with van der Waals surface area (Å²) in [5.74, 6) is -1.35. The number of hydrogen-bond acceptors (Lipinski definition) is 3. The molecule has 0 bridgehead atoms. The van der Waals surface area contributed by atoms with E-state index in [0.29, 0.717) is 4.34 Å². The van der Waals surface area contributed by atoms with Crippen molar-refractivity contribution >= 4 is 28.8 Å². The van der Waals surface area contributed by atoms with Gasteiger partial charge in [0, 0.05) is 4.88 Å². The van der Waals surface area contributed by atoms with Crippen LogP contribution in [0, 0.1) is 5.82 Å². The Morgan fingerprint density at radius 1 is 1.39 bits per heavy atom. The lowest BCUT2D eigenvalue weighted by atomic mass is 10.2. The molecule has 94 valence electrons. The number of phenols is 1.